The maximum atomic E-state index is 13.3. The topological polar surface area (TPSA) is 80.8 Å². The molecule has 0 saturated carbocycles. The molecule has 0 unspecified atom stereocenters. The highest BCUT2D eigenvalue weighted by atomic mass is 32.2. The van der Waals surface area contributed by atoms with Crippen LogP contribution >= 0.6 is 11.8 Å². The van der Waals surface area contributed by atoms with Crippen molar-refractivity contribution < 1.29 is 22.7 Å². The fraction of sp³-hybridized carbons (Fsp3) is 0.440. The van der Waals surface area contributed by atoms with E-state index in [2.05, 4.69) is 0 Å². The lowest BCUT2D eigenvalue weighted by Gasteiger charge is -2.34. The maximum absolute atomic E-state index is 13.3. The average Bonchev–Trinajstić information content (AvgIpc) is 2.82. The van der Waals surface area contributed by atoms with E-state index in [9.17, 15) is 18.0 Å². The number of hydrogen-bond acceptors (Lipinski definition) is 6. The molecule has 0 aliphatic carbocycles. The van der Waals surface area contributed by atoms with Gasteiger partial charge in [-0.3, -0.25) is 9.59 Å². The molecule has 2 aromatic carbocycles. The van der Waals surface area contributed by atoms with E-state index in [1.54, 1.807) is 43.0 Å². The zero-order valence-electron chi connectivity index (χ0n) is 19.1. The number of thioether (sulfide) groups is 1. The van der Waals surface area contributed by atoms with E-state index in [-0.39, 0.29) is 30.3 Å². The highest BCUT2D eigenvalue weighted by Gasteiger charge is 2.39. The van der Waals surface area contributed by atoms with Crippen molar-refractivity contribution in [3.8, 4) is 0 Å². The minimum absolute atomic E-state index is 0.0309. The number of rotatable bonds is 10. The van der Waals surface area contributed by atoms with Gasteiger partial charge in [0, 0.05) is 24.5 Å². The zero-order chi connectivity index (χ0) is 23.8. The number of esters is 1. The number of nitrogens with zero attached hydrogens (tertiary/aromatic N) is 1. The number of ketones is 1. The van der Waals surface area contributed by atoms with Crippen LogP contribution in [0.4, 0.5) is 0 Å². The molecule has 2 aromatic rings. The van der Waals surface area contributed by atoms with Gasteiger partial charge in [0.2, 0.25) is 10.0 Å². The fourth-order valence-corrected chi connectivity index (χ4v) is 6.80. The summed E-state index contributed by atoms with van der Waals surface area (Å²) in [7, 11) is -3.81. The predicted molar refractivity (Wildman–Crippen MR) is 131 cm³/mol. The van der Waals surface area contributed by atoms with Crippen LogP contribution in [0.1, 0.15) is 30.9 Å². The molecule has 1 heterocycles. The Labute approximate surface area is 200 Å². The van der Waals surface area contributed by atoms with Gasteiger partial charge < -0.3 is 4.74 Å². The summed E-state index contributed by atoms with van der Waals surface area (Å²) in [6.07, 6.45) is 1.08. The second-order valence-electron chi connectivity index (χ2n) is 8.16. The molecule has 2 atom stereocenters. The average molecular weight is 490 g/mol. The first-order valence-electron chi connectivity index (χ1n) is 11.2. The SMILES string of the molecule is CCOC(=O)[C@H](CCc1ccccc1)CC(=O)[C@@H]1CSCCN1S(=O)(=O)c1ccc(C)cc1. The summed E-state index contributed by atoms with van der Waals surface area (Å²) in [6, 6.07) is 15.6. The van der Waals surface area contributed by atoms with Crippen molar-refractivity contribution in [2.24, 2.45) is 5.92 Å². The largest absolute Gasteiger partial charge is 0.466 e. The van der Waals surface area contributed by atoms with Crippen LogP contribution in [-0.2, 0) is 30.8 Å². The van der Waals surface area contributed by atoms with Gasteiger partial charge in [-0.05, 0) is 44.4 Å². The van der Waals surface area contributed by atoms with Crippen LogP contribution in [0.5, 0.6) is 0 Å². The molecular formula is C25H31NO5S2. The summed E-state index contributed by atoms with van der Waals surface area (Å²) in [4.78, 5) is 26.1. The lowest BCUT2D eigenvalue weighted by atomic mass is 9.92. The molecule has 0 amide bonds. The first kappa shape index (κ1) is 25.5. The summed E-state index contributed by atoms with van der Waals surface area (Å²) < 4.78 is 33.2. The van der Waals surface area contributed by atoms with Gasteiger partial charge in [0.25, 0.3) is 0 Å². The van der Waals surface area contributed by atoms with Crippen LogP contribution in [-0.4, -0.2) is 55.2 Å². The van der Waals surface area contributed by atoms with Crippen molar-refractivity contribution in [1.29, 1.82) is 0 Å². The highest BCUT2D eigenvalue weighted by Crippen LogP contribution is 2.28. The lowest BCUT2D eigenvalue weighted by Crippen LogP contribution is -2.50. The number of aryl methyl sites for hydroxylation is 2. The molecule has 1 aliphatic rings. The Morgan fingerprint density at radius 1 is 1.12 bits per heavy atom. The predicted octanol–water partition coefficient (Wildman–Crippen LogP) is 3.87. The van der Waals surface area contributed by atoms with Crippen molar-refractivity contribution in [3.63, 3.8) is 0 Å². The van der Waals surface area contributed by atoms with Crippen LogP contribution in [0.15, 0.2) is 59.5 Å². The molecule has 178 valence electrons. The van der Waals surface area contributed by atoms with Gasteiger partial charge in [0.1, 0.15) is 0 Å². The lowest BCUT2D eigenvalue weighted by molar-refractivity contribution is -0.150. The summed E-state index contributed by atoms with van der Waals surface area (Å²) in [5, 5.41) is 0. The number of carbonyl (C=O) groups excluding carboxylic acids is 2. The summed E-state index contributed by atoms with van der Waals surface area (Å²) >= 11 is 1.56. The number of Topliss-reactive ketones (excluding diaryl/α,β-unsaturated/α-hetero) is 1. The van der Waals surface area contributed by atoms with Crippen LogP contribution in [0, 0.1) is 12.8 Å². The molecule has 0 radical (unpaired) electrons. The number of benzene rings is 2. The van der Waals surface area contributed by atoms with Gasteiger partial charge in [-0.1, -0.05) is 48.0 Å². The fourth-order valence-electron chi connectivity index (χ4n) is 3.90. The van der Waals surface area contributed by atoms with Gasteiger partial charge in [-0.25, -0.2) is 8.42 Å². The Balaban J connectivity index is 1.77. The van der Waals surface area contributed by atoms with Gasteiger partial charge in [-0.15, -0.1) is 0 Å². The molecule has 1 fully saturated rings. The van der Waals surface area contributed by atoms with E-state index in [0.29, 0.717) is 24.3 Å². The van der Waals surface area contributed by atoms with E-state index in [1.807, 2.05) is 37.3 Å². The molecule has 0 bridgehead atoms. The molecule has 3 rings (SSSR count). The van der Waals surface area contributed by atoms with Crippen molar-refractivity contribution >= 4 is 33.5 Å². The zero-order valence-corrected chi connectivity index (χ0v) is 20.7. The van der Waals surface area contributed by atoms with Gasteiger partial charge in [0.15, 0.2) is 5.78 Å². The number of sulfonamides is 1. The Kier molecular flexibility index (Phi) is 9.11. The normalized spacial score (nSPS) is 17.9. The standard InChI is InChI=1S/C25H31NO5S2/c1-3-31-25(28)21(12-11-20-7-5-4-6-8-20)17-24(27)23-18-32-16-15-26(23)33(29,30)22-13-9-19(2)10-14-22/h4-10,13-14,21,23H,3,11-12,15-18H2,1-2H3/t21-,23+/m1/s1. The summed E-state index contributed by atoms with van der Waals surface area (Å²) in [6.45, 7) is 4.14. The molecular weight excluding hydrogens is 458 g/mol. The highest BCUT2D eigenvalue weighted by molar-refractivity contribution is 7.99. The van der Waals surface area contributed by atoms with Crippen LogP contribution in [0.2, 0.25) is 0 Å². The number of ether oxygens (including phenoxy) is 1. The second kappa shape index (κ2) is 11.8. The Morgan fingerprint density at radius 2 is 1.82 bits per heavy atom. The van der Waals surface area contributed by atoms with Gasteiger partial charge in [0.05, 0.1) is 23.5 Å². The number of hydrogen-bond donors (Lipinski definition) is 0. The van der Waals surface area contributed by atoms with E-state index in [0.717, 1.165) is 11.1 Å². The van der Waals surface area contributed by atoms with E-state index in [1.165, 1.54) is 4.31 Å². The van der Waals surface area contributed by atoms with Crippen molar-refractivity contribution in [1.82, 2.24) is 4.31 Å². The minimum Gasteiger partial charge on any atom is -0.466 e. The summed E-state index contributed by atoms with van der Waals surface area (Å²) in [5.41, 5.74) is 2.04. The van der Waals surface area contributed by atoms with Crippen molar-refractivity contribution in [2.45, 2.75) is 44.0 Å². The maximum Gasteiger partial charge on any atom is 0.309 e. The smallest absolute Gasteiger partial charge is 0.309 e. The quantitative estimate of drug-likeness (QED) is 0.471. The minimum atomic E-state index is -3.81. The molecule has 0 aromatic heterocycles. The Bertz CT molecular complexity index is 1040. The first-order valence-corrected chi connectivity index (χ1v) is 13.8. The van der Waals surface area contributed by atoms with Gasteiger partial charge in [-0.2, -0.15) is 16.1 Å². The molecule has 0 spiro atoms. The Hall–Kier alpha value is -2.16. The monoisotopic (exact) mass is 489 g/mol. The molecule has 1 saturated heterocycles. The molecule has 6 nitrogen and oxygen atoms in total. The third-order valence-corrected chi connectivity index (χ3v) is 8.72. The third kappa shape index (κ3) is 6.68. The van der Waals surface area contributed by atoms with E-state index >= 15 is 0 Å². The van der Waals surface area contributed by atoms with Crippen LogP contribution in [0.25, 0.3) is 0 Å². The first-order chi connectivity index (χ1) is 15.8. The second-order valence-corrected chi connectivity index (χ2v) is 11.2. The molecule has 33 heavy (non-hydrogen) atoms. The molecule has 8 heteroatoms. The van der Waals surface area contributed by atoms with E-state index < -0.39 is 28.0 Å². The summed E-state index contributed by atoms with van der Waals surface area (Å²) in [5.74, 6) is -0.224. The van der Waals surface area contributed by atoms with Gasteiger partial charge >= 0.3 is 5.97 Å². The van der Waals surface area contributed by atoms with Crippen molar-refractivity contribution in [2.75, 3.05) is 24.7 Å². The molecule has 0 N–H and O–H groups in total. The van der Waals surface area contributed by atoms with Crippen LogP contribution in [0.3, 0.4) is 0 Å². The number of carbonyl (C=O) groups is 2. The molecule has 1 aliphatic heterocycles. The van der Waals surface area contributed by atoms with Crippen molar-refractivity contribution in [3.05, 3.63) is 65.7 Å². The van der Waals surface area contributed by atoms with Crippen LogP contribution < -0.4 is 0 Å². The third-order valence-electron chi connectivity index (χ3n) is 5.77. The van der Waals surface area contributed by atoms with E-state index in [4.69, 9.17) is 4.74 Å². The Morgan fingerprint density at radius 3 is 2.48 bits per heavy atom.